The van der Waals surface area contributed by atoms with E-state index in [0.29, 0.717) is 19.6 Å². The Hall–Kier alpha value is -1.60. The highest BCUT2D eigenvalue weighted by molar-refractivity contribution is 5.74. The molecule has 2 fully saturated rings. The predicted molar refractivity (Wildman–Crippen MR) is 80.3 cm³/mol. The van der Waals surface area contributed by atoms with Gasteiger partial charge in [0, 0.05) is 32.5 Å². The van der Waals surface area contributed by atoms with Crippen molar-refractivity contribution in [3.8, 4) is 0 Å². The van der Waals surface area contributed by atoms with Gasteiger partial charge in [-0.3, -0.25) is 5.10 Å². The lowest BCUT2D eigenvalue weighted by atomic mass is 10.2. The Balaban J connectivity index is 1.54. The van der Waals surface area contributed by atoms with Gasteiger partial charge in [-0.25, -0.2) is 4.79 Å². The van der Waals surface area contributed by atoms with E-state index < -0.39 is 0 Å². The van der Waals surface area contributed by atoms with Crippen LogP contribution < -0.4 is 5.32 Å². The molecule has 3 heterocycles. The van der Waals surface area contributed by atoms with Crippen molar-refractivity contribution in [2.45, 2.75) is 44.4 Å². The molecule has 7 heteroatoms. The van der Waals surface area contributed by atoms with Crippen LogP contribution in [0.15, 0.2) is 12.3 Å². The molecule has 2 N–H and O–H groups in total. The summed E-state index contributed by atoms with van der Waals surface area (Å²) in [5, 5.41) is 9.66. The van der Waals surface area contributed by atoms with E-state index in [0.717, 1.165) is 44.6 Å². The van der Waals surface area contributed by atoms with Crippen molar-refractivity contribution in [2.75, 3.05) is 26.3 Å². The van der Waals surface area contributed by atoms with Crippen molar-refractivity contribution in [1.82, 2.24) is 20.4 Å². The molecule has 2 aliphatic heterocycles. The van der Waals surface area contributed by atoms with Crippen LogP contribution in [-0.4, -0.2) is 59.6 Å². The lowest BCUT2D eigenvalue weighted by molar-refractivity contribution is 0.0498. The first-order valence-corrected chi connectivity index (χ1v) is 8.05. The Kier molecular flexibility index (Phi) is 5.29. The molecule has 2 amide bonds. The summed E-state index contributed by atoms with van der Waals surface area (Å²) in [6, 6.07) is 1.78. The number of nitrogens with zero attached hydrogens (tertiary/aromatic N) is 2. The molecule has 3 rings (SSSR count). The number of carbonyl (C=O) groups excluding carboxylic acids is 1. The summed E-state index contributed by atoms with van der Waals surface area (Å²) in [4.78, 5) is 14.3. The summed E-state index contributed by atoms with van der Waals surface area (Å²) in [7, 11) is 0. The van der Waals surface area contributed by atoms with Crippen LogP contribution in [0.5, 0.6) is 0 Å². The third kappa shape index (κ3) is 4.20. The Morgan fingerprint density at radius 3 is 2.45 bits per heavy atom. The number of urea groups is 1. The zero-order valence-corrected chi connectivity index (χ0v) is 12.8. The molecule has 7 nitrogen and oxygen atoms in total. The average Bonchev–Trinajstić information content (AvgIpc) is 3.27. The molecule has 1 aromatic rings. The summed E-state index contributed by atoms with van der Waals surface area (Å²) in [6.45, 7) is 3.32. The molecule has 122 valence electrons. The van der Waals surface area contributed by atoms with E-state index in [-0.39, 0.29) is 18.2 Å². The molecule has 2 saturated heterocycles. The maximum Gasteiger partial charge on any atom is 0.317 e. The summed E-state index contributed by atoms with van der Waals surface area (Å²) in [5.74, 6) is 0. The highest BCUT2D eigenvalue weighted by Crippen LogP contribution is 2.17. The molecular weight excluding hydrogens is 284 g/mol. The topological polar surface area (TPSA) is 79.5 Å². The summed E-state index contributed by atoms with van der Waals surface area (Å²) < 4.78 is 11.3. The van der Waals surface area contributed by atoms with Crippen LogP contribution in [0.3, 0.4) is 0 Å². The van der Waals surface area contributed by atoms with E-state index in [9.17, 15) is 4.79 Å². The van der Waals surface area contributed by atoms with Crippen molar-refractivity contribution in [2.24, 2.45) is 0 Å². The number of ether oxygens (including phenoxy) is 2. The number of rotatable bonds is 6. The number of H-pyrrole nitrogens is 1. The first kappa shape index (κ1) is 15.3. The third-order valence-corrected chi connectivity index (χ3v) is 4.17. The van der Waals surface area contributed by atoms with Gasteiger partial charge in [0.1, 0.15) is 0 Å². The van der Waals surface area contributed by atoms with Crippen LogP contribution in [0.4, 0.5) is 4.79 Å². The van der Waals surface area contributed by atoms with Crippen molar-refractivity contribution < 1.29 is 14.3 Å². The molecule has 1 aromatic heterocycles. The van der Waals surface area contributed by atoms with E-state index >= 15 is 0 Å². The second-order valence-corrected chi connectivity index (χ2v) is 5.92. The minimum atomic E-state index is -0.0689. The fraction of sp³-hybridized carbons (Fsp3) is 0.733. The van der Waals surface area contributed by atoms with Gasteiger partial charge in [0.25, 0.3) is 0 Å². The SMILES string of the molecule is O=C(NCc1ccn[nH]1)N(C[C@H]1CCCO1)C[C@H]1CCCO1. The summed E-state index contributed by atoms with van der Waals surface area (Å²) in [5.41, 5.74) is 0.891. The molecule has 2 aliphatic rings. The lowest BCUT2D eigenvalue weighted by Gasteiger charge is -2.27. The minimum absolute atomic E-state index is 0.0689. The molecule has 0 saturated carbocycles. The predicted octanol–water partition coefficient (Wildman–Crippen LogP) is 1.28. The van der Waals surface area contributed by atoms with Gasteiger partial charge in [-0.1, -0.05) is 0 Å². The lowest BCUT2D eigenvalue weighted by Crippen LogP contribution is -2.46. The van der Waals surface area contributed by atoms with E-state index in [2.05, 4.69) is 15.5 Å². The first-order valence-electron chi connectivity index (χ1n) is 8.05. The highest BCUT2D eigenvalue weighted by Gasteiger charge is 2.26. The van der Waals surface area contributed by atoms with E-state index in [1.807, 2.05) is 11.0 Å². The number of hydrogen-bond donors (Lipinski definition) is 2. The number of aromatic nitrogens is 2. The van der Waals surface area contributed by atoms with E-state index in [1.54, 1.807) is 6.20 Å². The van der Waals surface area contributed by atoms with Crippen molar-refractivity contribution in [3.05, 3.63) is 18.0 Å². The second kappa shape index (κ2) is 7.60. The number of nitrogens with one attached hydrogen (secondary N) is 2. The van der Waals surface area contributed by atoms with Crippen LogP contribution in [0.1, 0.15) is 31.4 Å². The summed E-state index contributed by atoms with van der Waals surface area (Å²) >= 11 is 0. The van der Waals surface area contributed by atoms with Crippen LogP contribution in [0, 0.1) is 0 Å². The van der Waals surface area contributed by atoms with Gasteiger partial charge < -0.3 is 19.7 Å². The van der Waals surface area contributed by atoms with Gasteiger partial charge in [-0.2, -0.15) is 5.10 Å². The molecule has 0 aromatic carbocycles. The molecule has 0 bridgehead atoms. The number of aromatic amines is 1. The quantitative estimate of drug-likeness (QED) is 0.829. The van der Waals surface area contributed by atoms with Crippen molar-refractivity contribution in [1.29, 1.82) is 0 Å². The zero-order valence-electron chi connectivity index (χ0n) is 12.8. The molecular formula is C15H24N4O3. The van der Waals surface area contributed by atoms with Crippen LogP contribution in [-0.2, 0) is 16.0 Å². The Morgan fingerprint density at radius 2 is 1.95 bits per heavy atom. The highest BCUT2D eigenvalue weighted by atomic mass is 16.5. The molecule has 0 unspecified atom stereocenters. The fourth-order valence-corrected chi connectivity index (χ4v) is 2.97. The average molecular weight is 308 g/mol. The molecule has 0 aliphatic carbocycles. The standard InChI is InChI=1S/C15H24N4O3/c20-15(16-9-12-5-6-17-18-12)19(10-13-3-1-7-21-13)11-14-4-2-8-22-14/h5-6,13-14H,1-4,7-11H2,(H,16,20)(H,17,18)/t13-,14-/m1/s1. The minimum Gasteiger partial charge on any atom is -0.376 e. The molecule has 22 heavy (non-hydrogen) atoms. The third-order valence-electron chi connectivity index (χ3n) is 4.17. The largest absolute Gasteiger partial charge is 0.376 e. The Labute approximate surface area is 130 Å². The zero-order chi connectivity index (χ0) is 15.2. The molecule has 2 atom stereocenters. The van der Waals surface area contributed by atoms with Gasteiger partial charge in [0.2, 0.25) is 0 Å². The fourth-order valence-electron chi connectivity index (χ4n) is 2.97. The van der Waals surface area contributed by atoms with E-state index in [4.69, 9.17) is 9.47 Å². The Bertz CT molecular complexity index is 435. The maximum atomic E-state index is 12.5. The monoisotopic (exact) mass is 308 g/mol. The van der Waals surface area contributed by atoms with Gasteiger partial charge in [-0.05, 0) is 31.7 Å². The van der Waals surface area contributed by atoms with Crippen molar-refractivity contribution in [3.63, 3.8) is 0 Å². The Morgan fingerprint density at radius 1 is 1.27 bits per heavy atom. The van der Waals surface area contributed by atoms with E-state index in [1.165, 1.54) is 0 Å². The second-order valence-electron chi connectivity index (χ2n) is 5.92. The van der Waals surface area contributed by atoms with Crippen LogP contribution in [0.25, 0.3) is 0 Å². The van der Waals surface area contributed by atoms with Gasteiger partial charge >= 0.3 is 6.03 Å². The normalized spacial score (nSPS) is 24.5. The van der Waals surface area contributed by atoms with Gasteiger partial charge in [0.15, 0.2) is 0 Å². The number of hydrogen-bond acceptors (Lipinski definition) is 4. The number of carbonyl (C=O) groups is 1. The molecule has 0 spiro atoms. The smallest absolute Gasteiger partial charge is 0.317 e. The summed E-state index contributed by atoms with van der Waals surface area (Å²) in [6.07, 6.45) is 6.19. The van der Waals surface area contributed by atoms with Crippen LogP contribution in [0.2, 0.25) is 0 Å². The maximum absolute atomic E-state index is 12.5. The van der Waals surface area contributed by atoms with Gasteiger partial charge in [-0.15, -0.1) is 0 Å². The first-order chi connectivity index (χ1) is 10.8. The molecule has 0 radical (unpaired) electrons. The van der Waals surface area contributed by atoms with Crippen molar-refractivity contribution >= 4 is 6.03 Å². The number of amides is 2. The van der Waals surface area contributed by atoms with Gasteiger partial charge in [0.05, 0.1) is 24.4 Å². The van der Waals surface area contributed by atoms with Crippen LogP contribution >= 0.6 is 0 Å².